The number of carbonyl (C=O) groups is 1. The van der Waals surface area contributed by atoms with E-state index < -0.39 is 6.10 Å². The van der Waals surface area contributed by atoms with Crippen LogP contribution in [0.4, 0.5) is 0 Å². The normalized spacial score (nSPS) is 18.4. The van der Waals surface area contributed by atoms with Crippen molar-refractivity contribution >= 4 is 5.97 Å². The summed E-state index contributed by atoms with van der Waals surface area (Å²) in [7, 11) is 3.24. The molecule has 7 heteroatoms. The van der Waals surface area contributed by atoms with Crippen LogP contribution in [-0.4, -0.2) is 50.7 Å². The van der Waals surface area contributed by atoms with Crippen molar-refractivity contribution in [3.8, 4) is 11.5 Å². The third-order valence-corrected chi connectivity index (χ3v) is 5.48. The number of rotatable bonds is 12. The van der Waals surface area contributed by atoms with Gasteiger partial charge in [-0.05, 0) is 42.4 Å². The SMILES string of the molecule is CCC.COCCCOc1cc(C(O)C(CC(N)C2CCC(=O)O2)C(C)C)ccc1OC. The molecule has 0 amide bonds. The Morgan fingerprint density at radius 2 is 1.88 bits per heavy atom. The van der Waals surface area contributed by atoms with E-state index in [2.05, 4.69) is 27.7 Å². The molecule has 0 spiro atoms. The van der Waals surface area contributed by atoms with E-state index in [-0.39, 0.29) is 30.0 Å². The first-order valence-electron chi connectivity index (χ1n) is 11.7. The maximum Gasteiger partial charge on any atom is 0.306 e. The molecule has 4 atom stereocenters. The van der Waals surface area contributed by atoms with Gasteiger partial charge in [-0.2, -0.15) is 0 Å². The van der Waals surface area contributed by atoms with Crippen molar-refractivity contribution in [2.24, 2.45) is 17.6 Å². The number of hydrogen-bond acceptors (Lipinski definition) is 7. The average molecular weight is 454 g/mol. The molecule has 0 bridgehead atoms. The van der Waals surface area contributed by atoms with Gasteiger partial charge in [0.15, 0.2) is 11.5 Å². The molecule has 7 nitrogen and oxygen atoms in total. The molecule has 1 aliphatic rings. The first-order valence-corrected chi connectivity index (χ1v) is 11.7. The Labute approximate surface area is 193 Å². The molecule has 0 saturated carbocycles. The Morgan fingerprint density at radius 3 is 2.41 bits per heavy atom. The van der Waals surface area contributed by atoms with Crippen molar-refractivity contribution in [3.63, 3.8) is 0 Å². The van der Waals surface area contributed by atoms with Gasteiger partial charge < -0.3 is 29.8 Å². The molecule has 1 heterocycles. The highest BCUT2D eigenvalue weighted by Gasteiger charge is 2.34. The zero-order chi connectivity index (χ0) is 24.1. The van der Waals surface area contributed by atoms with Gasteiger partial charge in [0, 0.05) is 32.6 Å². The number of benzene rings is 1. The molecule has 184 valence electrons. The number of carbonyl (C=O) groups excluding carboxylic acids is 1. The minimum atomic E-state index is -0.717. The smallest absolute Gasteiger partial charge is 0.306 e. The van der Waals surface area contributed by atoms with E-state index in [1.807, 2.05) is 12.1 Å². The Hall–Kier alpha value is -1.83. The van der Waals surface area contributed by atoms with E-state index >= 15 is 0 Å². The Balaban J connectivity index is 0.00000161. The Morgan fingerprint density at radius 1 is 1.19 bits per heavy atom. The Bertz CT molecular complexity index is 666. The van der Waals surface area contributed by atoms with Crippen LogP contribution in [0, 0.1) is 11.8 Å². The summed E-state index contributed by atoms with van der Waals surface area (Å²) in [6, 6.07) is 5.18. The standard InChI is InChI=1S/C22H35NO6.C3H8/c1-14(2)16(13-17(23)18-8-9-21(24)29-18)22(25)15-6-7-19(27-4)20(12-15)28-11-5-10-26-3;1-3-2/h6-7,12,14,16-18,22,25H,5,8-11,13,23H2,1-4H3;3H2,1-2H3. The van der Waals surface area contributed by atoms with Crippen molar-refractivity contribution in [1.29, 1.82) is 0 Å². The highest BCUT2D eigenvalue weighted by atomic mass is 16.6. The fourth-order valence-electron chi connectivity index (χ4n) is 3.70. The highest BCUT2D eigenvalue weighted by molar-refractivity contribution is 5.71. The number of hydrogen-bond donors (Lipinski definition) is 2. The third kappa shape index (κ3) is 8.96. The maximum atomic E-state index is 11.4. The maximum absolute atomic E-state index is 11.4. The molecule has 1 fully saturated rings. The predicted molar refractivity (Wildman–Crippen MR) is 126 cm³/mol. The zero-order valence-corrected chi connectivity index (χ0v) is 20.6. The molecule has 2 rings (SSSR count). The number of esters is 1. The molecule has 1 aliphatic heterocycles. The quantitative estimate of drug-likeness (QED) is 0.360. The lowest BCUT2D eigenvalue weighted by Crippen LogP contribution is -2.38. The van der Waals surface area contributed by atoms with Gasteiger partial charge in [-0.1, -0.05) is 40.2 Å². The number of methoxy groups -OCH3 is 2. The number of aliphatic hydroxyl groups is 1. The number of nitrogens with two attached hydrogens (primary N) is 1. The van der Waals surface area contributed by atoms with Gasteiger partial charge in [-0.3, -0.25) is 4.79 Å². The number of cyclic esters (lactones) is 1. The van der Waals surface area contributed by atoms with Gasteiger partial charge in [0.2, 0.25) is 0 Å². The molecule has 1 saturated heterocycles. The van der Waals surface area contributed by atoms with Crippen LogP contribution in [0.1, 0.15) is 71.5 Å². The summed E-state index contributed by atoms with van der Waals surface area (Å²) >= 11 is 0. The van der Waals surface area contributed by atoms with Crippen LogP contribution in [0.5, 0.6) is 11.5 Å². The second-order valence-electron chi connectivity index (χ2n) is 8.63. The average Bonchev–Trinajstić information content (AvgIpc) is 3.21. The van der Waals surface area contributed by atoms with E-state index in [4.69, 9.17) is 24.7 Å². The van der Waals surface area contributed by atoms with E-state index in [9.17, 15) is 9.90 Å². The second kappa shape index (κ2) is 15.1. The van der Waals surface area contributed by atoms with Gasteiger partial charge in [0.05, 0.1) is 19.8 Å². The minimum absolute atomic E-state index is 0.0842. The first-order chi connectivity index (χ1) is 15.3. The predicted octanol–water partition coefficient (Wildman–Crippen LogP) is 4.26. The van der Waals surface area contributed by atoms with Crippen molar-refractivity contribution in [3.05, 3.63) is 23.8 Å². The molecular formula is C25H43NO6. The van der Waals surface area contributed by atoms with Crippen molar-refractivity contribution in [2.45, 2.75) is 78.0 Å². The number of aliphatic hydroxyl groups excluding tert-OH is 1. The molecule has 0 aliphatic carbocycles. The lowest BCUT2D eigenvalue weighted by Gasteiger charge is -2.31. The lowest BCUT2D eigenvalue weighted by atomic mass is 9.81. The van der Waals surface area contributed by atoms with E-state index in [0.29, 0.717) is 44.0 Å². The second-order valence-corrected chi connectivity index (χ2v) is 8.63. The van der Waals surface area contributed by atoms with Crippen molar-refractivity contribution < 1.29 is 28.8 Å². The van der Waals surface area contributed by atoms with Crippen molar-refractivity contribution in [2.75, 3.05) is 27.4 Å². The summed E-state index contributed by atoms with van der Waals surface area (Å²) in [4.78, 5) is 11.4. The van der Waals surface area contributed by atoms with E-state index in [0.717, 1.165) is 12.0 Å². The first kappa shape index (κ1) is 28.2. The molecular weight excluding hydrogens is 410 g/mol. The molecule has 4 unspecified atom stereocenters. The molecule has 0 radical (unpaired) electrons. The zero-order valence-electron chi connectivity index (χ0n) is 20.6. The van der Waals surface area contributed by atoms with Crippen LogP contribution in [0.3, 0.4) is 0 Å². The fourth-order valence-corrected chi connectivity index (χ4v) is 3.70. The van der Waals surface area contributed by atoms with Gasteiger partial charge in [-0.15, -0.1) is 0 Å². The van der Waals surface area contributed by atoms with Crippen LogP contribution in [0.2, 0.25) is 0 Å². The van der Waals surface area contributed by atoms with Crippen LogP contribution in [-0.2, 0) is 14.3 Å². The molecule has 1 aromatic carbocycles. The van der Waals surface area contributed by atoms with E-state index in [1.54, 1.807) is 20.3 Å². The summed E-state index contributed by atoms with van der Waals surface area (Å²) in [6.07, 6.45) is 2.64. The van der Waals surface area contributed by atoms with Crippen LogP contribution in [0.15, 0.2) is 18.2 Å². The Kier molecular flexibility index (Phi) is 13.3. The monoisotopic (exact) mass is 453 g/mol. The summed E-state index contributed by atoms with van der Waals surface area (Å²) < 4.78 is 21.6. The number of ether oxygens (including phenoxy) is 4. The van der Waals surface area contributed by atoms with Crippen LogP contribution >= 0.6 is 0 Å². The lowest BCUT2D eigenvalue weighted by molar-refractivity contribution is -0.142. The summed E-state index contributed by atoms with van der Waals surface area (Å²) in [5.41, 5.74) is 7.07. The summed E-state index contributed by atoms with van der Waals surface area (Å²) in [5.74, 6) is 1.13. The van der Waals surface area contributed by atoms with E-state index in [1.165, 1.54) is 6.42 Å². The van der Waals surface area contributed by atoms with Gasteiger partial charge in [-0.25, -0.2) is 0 Å². The molecule has 0 aromatic heterocycles. The molecule has 1 aromatic rings. The third-order valence-electron chi connectivity index (χ3n) is 5.48. The molecule has 32 heavy (non-hydrogen) atoms. The van der Waals surface area contributed by atoms with Gasteiger partial charge >= 0.3 is 5.97 Å². The minimum Gasteiger partial charge on any atom is -0.493 e. The van der Waals surface area contributed by atoms with Crippen LogP contribution in [0.25, 0.3) is 0 Å². The fraction of sp³-hybridized carbons (Fsp3) is 0.720. The molecule has 3 N–H and O–H groups in total. The van der Waals surface area contributed by atoms with Crippen molar-refractivity contribution in [1.82, 2.24) is 0 Å². The largest absolute Gasteiger partial charge is 0.493 e. The highest BCUT2D eigenvalue weighted by Crippen LogP contribution is 2.37. The van der Waals surface area contributed by atoms with Gasteiger partial charge in [0.1, 0.15) is 6.10 Å². The summed E-state index contributed by atoms with van der Waals surface area (Å²) in [5, 5.41) is 11.1. The topological polar surface area (TPSA) is 100 Å². The van der Waals surface area contributed by atoms with Crippen LogP contribution < -0.4 is 15.2 Å². The summed E-state index contributed by atoms with van der Waals surface area (Å²) in [6.45, 7) is 9.48. The van der Waals surface area contributed by atoms with Gasteiger partial charge in [0.25, 0.3) is 0 Å².